The average Bonchev–Trinajstić information content (AvgIpc) is 1.23. The van der Waals surface area contributed by atoms with Gasteiger partial charge < -0.3 is 4.74 Å². The van der Waals surface area contributed by atoms with E-state index in [-0.39, 0.29) is 0 Å². The Labute approximate surface area is 52.2 Å². The molecule has 1 aliphatic heterocycles. The summed E-state index contributed by atoms with van der Waals surface area (Å²) in [4.78, 5) is 0.543. The summed E-state index contributed by atoms with van der Waals surface area (Å²) in [5.41, 5.74) is 0. The lowest BCUT2D eigenvalue weighted by Crippen LogP contribution is -2.33. The zero-order chi connectivity index (χ0) is 5.28. The van der Waals surface area contributed by atoms with Crippen molar-refractivity contribution in [1.29, 1.82) is 0 Å². The van der Waals surface area contributed by atoms with E-state index in [9.17, 15) is 0 Å². The van der Waals surface area contributed by atoms with Crippen LogP contribution in [0.25, 0.3) is 0 Å². The second-order valence-electron chi connectivity index (χ2n) is 1.88. The number of hydrogen-bond acceptors (Lipinski definition) is 1. The monoisotopic (exact) mass is 164 g/mol. The van der Waals surface area contributed by atoms with Crippen molar-refractivity contribution in [3.63, 3.8) is 0 Å². The maximum atomic E-state index is 5.15. The third-order valence-corrected chi connectivity index (χ3v) is 1.84. The lowest BCUT2D eigenvalue weighted by atomic mass is 10.1. The van der Waals surface area contributed by atoms with E-state index in [0.29, 0.717) is 10.9 Å². The minimum absolute atomic E-state index is 0.500. The van der Waals surface area contributed by atoms with E-state index < -0.39 is 0 Å². The minimum Gasteiger partial charge on any atom is -0.377 e. The maximum absolute atomic E-state index is 5.15. The van der Waals surface area contributed by atoms with Crippen molar-refractivity contribution >= 4 is 15.9 Å². The zero-order valence-corrected chi connectivity index (χ0v) is 5.94. The molecule has 0 amide bonds. The molecule has 1 rings (SSSR count). The number of alkyl halides is 1. The standard InChI is InChI=1S/C5H9BrO/c1-4(6)5-2-3-7-5/h4-5H,2-3H2,1H3. The van der Waals surface area contributed by atoms with Gasteiger partial charge in [-0.25, -0.2) is 0 Å². The van der Waals surface area contributed by atoms with Gasteiger partial charge in [0.2, 0.25) is 0 Å². The summed E-state index contributed by atoms with van der Waals surface area (Å²) in [7, 11) is 0. The van der Waals surface area contributed by atoms with E-state index in [0.717, 1.165) is 6.61 Å². The molecule has 0 aromatic carbocycles. The molecule has 42 valence electrons. The Morgan fingerprint density at radius 2 is 2.43 bits per heavy atom. The molecule has 0 aromatic rings. The quantitative estimate of drug-likeness (QED) is 0.535. The van der Waals surface area contributed by atoms with Gasteiger partial charge in [-0.2, -0.15) is 0 Å². The Kier molecular flexibility index (Phi) is 1.70. The molecule has 7 heavy (non-hydrogen) atoms. The first kappa shape index (κ1) is 5.57. The lowest BCUT2D eigenvalue weighted by Gasteiger charge is -2.28. The molecule has 1 saturated heterocycles. The van der Waals surface area contributed by atoms with E-state index >= 15 is 0 Å². The van der Waals surface area contributed by atoms with E-state index in [1.807, 2.05) is 0 Å². The van der Waals surface area contributed by atoms with Crippen LogP contribution in [0.3, 0.4) is 0 Å². The van der Waals surface area contributed by atoms with Crippen LogP contribution in [0.1, 0.15) is 13.3 Å². The van der Waals surface area contributed by atoms with Crippen LogP contribution < -0.4 is 0 Å². The van der Waals surface area contributed by atoms with Crippen LogP contribution in [-0.2, 0) is 4.74 Å². The fraction of sp³-hybridized carbons (Fsp3) is 1.00. The van der Waals surface area contributed by atoms with Gasteiger partial charge in [0.25, 0.3) is 0 Å². The van der Waals surface area contributed by atoms with Crippen LogP contribution >= 0.6 is 15.9 Å². The van der Waals surface area contributed by atoms with Crippen molar-refractivity contribution in [2.75, 3.05) is 6.61 Å². The molecule has 1 fully saturated rings. The van der Waals surface area contributed by atoms with Crippen molar-refractivity contribution in [2.45, 2.75) is 24.3 Å². The van der Waals surface area contributed by atoms with E-state index in [4.69, 9.17) is 4.74 Å². The smallest absolute Gasteiger partial charge is 0.0719 e. The van der Waals surface area contributed by atoms with Gasteiger partial charge in [-0.1, -0.05) is 22.9 Å². The van der Waals surface area contributed by atoms with Crippen molar-refractivity contribution in [3.05, 3.63) is 0 Å². The summed E-state index contributed by atoms with van der Waals surface area (Å²) >= 11 is 3.43. The van der Waals surface area contributed by atoms with E-state index in [1.165, 1.54) is 6.42 Å². The summed E-state index contributed by atoms with van der Waals surface area (Å²) in [6, 6.07) is 0. The number of hydrogen-bond donors (Lipinski definition) is 0. The molecule has 0 aliphatic carbocycles. The molecule has 0 bridgehead atoms. The minimum atomic E-state index is 0.500. The summed E-state index contributed by atoms with van der Waals surface area (Å²) in [5.74, 6) is 0. The Morgan fingerprint density at radius 3 is 2.43 bits per heavy atom. The highest BCUT2D eigenvalue weighted by Crippen LogP contribution is 2.19. The first-order chi connectivity index (χ1) is 3.30. The van der Waals surface area contributed by atoms with Crippen LogP contribution in [0.4, 0.5) is 0 Å². The van der Waals surface area contributed by atoms with Gasteiger partial charge in [-0.3, -0.25) is 0 Å². The lowest BCUT2D eigenvalue weighted by molar-refractivity contribution is -0.0469. The van der Waals surface area contributed by atoms with Crippen LogP contribution in [-0.4, -0.2) is 17.5 Å². The van der Waals surface area contributed by atoms with Gasteiger partial charge in [0.05, 0.1) is 6.10 Å². The van der Waals surface area contributed by atoms with Gasteiger partial charge >= 0.3 is 0 Å². The molecule has 1 aliphatic rings. The van der Waals surface area contributed by atoms with Gasteiger partial charge in [0, 0.05) is 11.4 Å². The fourth-order valence-corrected chi connectivity index (χ4v) is 1.03. The second-order valence-corrected chi connectivity index (χ2v) is 3.32. The number of halogens is 1. The summed E-state index contributed by atoms with van der Waals surface area (Å²) in [6.45, 7) is 3.07. The fourth-order valence-electron chi connectivity index (χ4n) is 0.616. The first-order valence-corrected chi connectivity index (χ1v) is 3.48. The molecule has 2 heteroatoms. The molecule has 0 spiro atoms. The Bertz CT molecular complexity index is 59.1. The SMILES string of the molecule is CC(Br)C1CCO1. The summed E-state index contributed by atoms with van der Waals surface area (Å²) in [6.07, 6.45) is 1.73. The highest BCUT2D eigenvalue weighted by Gasteiger charge is 2.21. The predicted molar refractivity (Wildman–Crippen MR) is 32.7 cm³/mol. The molecule has 0 radical (unpaired) electrons. The molecule has 0 aromatic heterocycles. The van der Waals surface area contributed by atoms with Crippen LogP contribution in [0, 0.1) is 0 Å². The molecule has 0 N–H and O–H groups in total. The molecule has 1 heterocycles. The van der Waals surface area contributed by atoms with Crippen molar-refractivity contribution < 1.29 is 4.74 Å². The number of rotatable bonds is 1. The van der Waals surface area contributed by atoms with E-state index in [2.05, 4.69) is 22.9 Å². The Morgan fingerprint density at radius 1 is 1.86 bits per heavy atom. The molecule has 2 unspecified atom stereocenters. The van der Waals surface area contributed by atoms with Crippen molar-refractivity contribution in [3.8, 4) is 0 Å². The number of ether oxygens (including phenoxy) is 1. The Hall–Kier alpha value is 0.440. The highest BCUT2D eigenvalue weighted by molar-refractivity contribution is 9.09. The third kappa shape index (κ3) is 1.16. The summed E-state index contributed by atoms with van der Waals surface area (Å²) < 4.78 is 5.15. The molecular weight excluding hydrogens is 156 g/mol. The van der Waals surface area contributed by atoms with Gasteiger partial charge in [-0.15, -0.1) is 0 Å². The normalized spacial score (nSPS) is 34.3. The molecule has 0 saturated carbocycles. The first-order valence-electron chi connectivity index (χ1n) is 2.56. The van der Waals surface area contributed by atoms with Gasteiger partial charge in [0.15, 0.2) is 0 Å². The zero-order valence-electron chi connectivity index (χ0n) is 4.36. The van der Waals surface area contributed by atoms with Gasteiger partial charge in [-0.05, 0) is 6.42 Å². The topological polar surface area (TPSA) is 9.23 Å². The third-order valence-electron chi connectivity index (χ3n) is 1.25. The summed E-state index contributed by atoms with van der Waals surface area (Å²) in [5, 5.41) is 0. The van der Waals surface area contributed by atoms with Gasteiger partial charge in [0.1, 0.15) is 0 Å². The van der Waals surface area contributed by atoms with E-state index in [1.54, 1.807) is 0 Å². The Balaban J connectivity index is 2.14. The second kappa shape index (κ2) is 2.14. The van der Waals surface area contributed by atoms with Crippen LogP contribution in [0.5, 0.6) is 0 Å². The predicted octanol–water partition coefficient (Wildman–Crippen LogP) is 1.56. The largest absolute Gasteiger partial charge is 0.377 e. The van der Waals surface area contributed by atoms with Crippen molar-refractivity contribution in [1.82, 2.24) is 0 Å². The highest BCUT2D eigenvalue weighted by atomic mass is 79.9. The molecule has 2 atom stereocenters. The average molecular weight is 165 g/mol. The van der Waals surface area contributed by atoms with Crippen LogP contribution in [0.2, 0.25) is 0 Å². The molecular formula is C5H9BrO. The molecule has 1 nitrogen and oxygen atoms in total. The van der Waals surface area contributed by atoms with Crippen molar-refractivity contribution in [2.24, 2.45) is 0 Å². The maximum Gasteiger partial charge on any atom is 0.0719 e. The van der Waals surface area contributed by atoms with Crippen LogP contribution in [0.15, 0.2) is 0 Å².